The van der Waals surface area contributed by atoms with E-state index in [0.29, 0.717) is 23.4 Å². The third kappa shape index (κ3) is 5.93. The second-order valence-corrected chi connectivity index (χ2v) is 9.74. The number of fused-ring (bicyclic) bond motifs is 1. The van der Waals surface area contributed by atoms with Crippen LogP contribution < -0.4 is 4.90 Å². The standard InChI is InChI=1S/C31H34N4O8/c1-5-32(6-2)27(37)24-16-15-22-23(26(24)36)13-10-14-25(22)34(20(3)17-18-43-41)31(40)35-28(38)29(42-4)33(30(35)39)19-21-11-8-7-9-12-21/h7-16,29,36,41H,3,5-6,17-19H2,1-2,4H3. The predicted octanol–water partition coefficient (Wildman–Crippen LogP) is 4.78. The number of benzene rings is 3. The van der Waals surface area contributed by atoms with Crippen molar-refractivity contribution in [1.82, 2.24) is 14.7 Å². The fourth-order valence-electron chi connectivity index (χ4n) is 5.06. The maximum Gasteiger partial charge on any atom is 0.344 e. The normalized spacial score (nSPS) is 14.8. The number of ether oxygens (including phenoxy) is 1. The Bertz CT molecular complexity index is 1540. The summed E-state index contributed by atoms with van der Waals surface area (Å²) in [7, 11) is 1.27. The number of phenolic OH excluding ortho intramolecular Hbond substituents is 1. The molecule has 1 aliphatic heterocycles. The van der Waals surface area contributed by atoms with Gasteiger partial charge in [-0.15, -0.1) is 0 Å². The zero-order chi connectivity index (χ0) is 31.3. The van der Waals surface area contributed by atoms with E-state index in [4.69, 9.17) is 9.99 Å². The number of hydrogen-bond donors (Lipinski definition) is 2. The van der Waals surface area contributed by atoms with Gasteiger partial charge in [-0.05, 0) is 31.5 Å². The summed E-state index contributed by atoms with van der Waals surface area (Å²) in [5.41, 5.74) is 1.08. The molecule has 2 N–H and O–H groups in total. The van der Waals surface area contributed by atoms with Gasteiger partial charge in [-0.3, -0.25) is 24.6 Å². The van der Waals surface area contributed by atoms with Crippen LogP contribution in [0.1, 0.15) is 36.2 Å². The minimum Gasteiger partial charge on any atom is -0.506 e. The van der Waals surface area contributed by atoms with Gasteiger partial charge >= 0.3 is 12.1 Å². The lowest BCUT2D eigenvalue weighted by Gasteiger charge is -2.29. The molecule has 12 nitrogen and oxygen atoms in total. The summed E-state index contributed by atoms with van der Waals surface area (Å²) in [5.74, 6) is -1.53. The van der Waals surface area contributed by atoms with Crippen molar-refractivity contribution < 1.29 is 39.2 Å². The highest BCUT2D eigenvalue weighted by molar-refractivity contribution is 6.21. The van der Waals surface area contributed by atoms with Crippen LogP contribution >= 0.6 is 0 Å². The minimum absolute atomic E-state index is 0.0124. The average Bonchev–Trinajstić information content (AvgIpc) is 3.25. The number of imide groups is 3. The number of aromatic hydroxyl groups is 1. The molecule has 0 aliphatic carbocycles. The van der Waals surface area contributed by atoms with Gasteiger partial charge in [-0.25, -0.2) is 14.5 Å². The Morgan fingerprint density at radius 1 is 0.977 bits per heavy atom. The molecule has 0 radical (unpaired) electrons. The fourth-order valence-corrected chi connectivity index (χ4v) is 5.06. The Hall–Kier alpha value is -4.78. The highest BCUT2D eigenvalue weighted by Gasteiger charge is 2.50. The molecule has 1 fully saturated rings. The van der Waals surface area contributed by atoms with Crippen molar-refractivity contribution in [1.29, 1.82) is 0 Å². The van der Waals surface area contributed by atoms with E-state index in [1.807, 2.05) is 19.9 Å². The lowest BCUT2D eigenvalue weighted by Crippen LogP contribution is -2.47. The zero-order valence-corrected chi connectivity index (χ0v) is 24.2. The summed E-state index contributed by atoms with van der Waals surface area (Å²) in [6, 6.07) is 14.7. The van der Waals surface area contributed by atoms with Crippen molar-refractivity contribution in [3.8, 4) is 5.75 Å². The van der Waals surface area contributed by atoms with Crippen molar-refractivity contribution in [2.24, 2.45) is 0 Å². The molecule has 1 atom stereocenters. The number of carbonyl (C=O) groups excluding carboxylic acids is 4. The van der Waals surface area contributed by atoms with Gasteiger partial charge in [-0.2, -0.15) is 4.90 Å². The van der Waals surface area contributed by atoms with Gasteiger partial charge in [0.1, 0.15) is 5.75 Å². The van der Waals surface area contributed by atoms with Crippen LogP contribution in [0.4, 0.5) is 15.3 Å². The molecule has 0 saturated carbocycles. The van der Waals surface area contributed by atoms with Gasteiger partial charge in [0.05, 0.1) is 24.4 Å². The predicted molar refractivity (Wildman–Crippen MR) is 158 cm³/mol. The lowest BCUT2D eigenvalue weighted by molar-refractivity contribution is -0.241. The Labute approximate surface area is 248 Å². The van der Waals surface area contributed by atoms with E-state index in [1.165, 1.54) is 13.2 Å². The van der Waals surface area contributed by atoms with Crippen LogP contribution in [0.3, 0.4) is 0 Å². The molecule has 12 heteroatoms. The molecule has 1 unspecified atom stereocenters. The van der Waals surface area contributed by atoms with Crippen LogP contribution in [0.25, 0.3) is 10.8 Å². The zero-order valence-electron chi connectivity index (χ0n) is 24.2. The number of amides is 6. The molecule has 226 valence electrons. The largest absolute Gasteiger partial charge is 0.506 e. The highest BCUT2D eigenvalue weighted by atomic mass is 17.1. The number of phenols is 1. The summed E-state index contributed by atoms with van der Waals surface area (Å²) in [4.78, 5) is 62.7. The van der Waals surface area contributed by atoms with E-state index in [9.17, 15) is 24.3 Å². The Kier molecular flexibility index (Phi) is 9.76. The highest BCUT2D eigenvalue weighted by Crippen LogP contribution is 2.38. The SMILES string of the molecule is C=C(CCOO)N(C(=O)N1C(=O)C(OC)N(Cc2ccccc2)C1=O)c1cccc2c(O)c(C(=O)N(CC)CC)ccc12. The van der Waals surface area contributed by atoms with Gasteiger partial charge in [0, 0.05) is 43.1 Å². The van der Waals surface area contributed by atoms with E-state index in [-0.39, 0.29) is 53.6 Å². The first-order chi connectivity index (χ1) is 20.7. The van der Waals surface area contributed by atoms with Crippen LogP contribution in [0.5, 0.6) is 5.75 Å². The number of carbonyl (C=O) groups is 4. The Morgan fingerprint density at radius 3 is 2.30 bits per heavy atom. The van der Waals surface area contributed by atoms with E-state index in [1.54, 1.807) is 53.4 Å². The smallest absolute Gasteiger partial charge is 0.344 e. The molecule has 3 aromatic carbocycles. The second-order valence-electron chi connectivity index (χ2n) is 9.74. The second kappa shape index (κ2) is 13.5. The number of anilines is 1. The van der Waals surface area contributed by atoms with Crippen molar-refractivity contribution in [2.45, 2.75) is 33.0 Å². The monoisotopic (exact) mass is 590 g/mol. The third-order valence-electron chi connectivity index (χ3n) is 7.28. The maximum atomic E-state index is 14.1. The fraction of sp³-hybridized carbons (Fsp3) is 0.290. The average molecular weight is 591 g/mol. The van der Waals surface area contributed by atoms with Crippen LogP contribution in [-0.4, -0.2) is 82.0 Å². The summed E-state index contributed by atoms with van der Waals surface area (Å²) in [6.07, 6.45) is -1.40. The topological polar surface area (TPSA) is 140 Å². The molecule has 6 amide bonds. The summed E-state index contributed by atoms with van der Waals surface area (Å²) < 4.78 is 5.33. The molecule has 4 rings (SSSR count). The summed E-state index contributed by atoms with van der Waals surface area (Å²) >= 11 is 0. The van der Waals surface area contributed by atoms with E-state index >= 15 is 0 Å². The van der Waals surface area contributed by atoms with Crippen molar-refractivity contribution >= 4 is 40.3 Å². The van der Waals surface area contributed by atoms with Crippen molar-refractivity contribution in [3.63, 3.8) is 0 Å². The summed E-state index contributed by atoms with van der Waals surface area (Å²) in [5, 5.41) is 20.7. The van der Waals surface area contributed by atoms with Crippen LogP contribution in [0.2, 0.25) is 0 Å². The van der Waals surface area contributed by atoms with Gasteiger partial charge in [-0.1, -0.05) is 55.1 Å². The van der Waals surface area contributed by atoms with Gasteiger partial charge in [0.2, 0.25) is 6.23 Å². The Balaban J connectivity index is 1.79. The molecular formula is C31H34N4O8. The van der Waals surface area contributed by atoms with Gasteiger partial charge < -0.3 is 14.7 Å². The summed E-state index contributed by atoms with van der Waals surface area (Å²) in [6.45, 7) is 8.29. The maximum absolute atomic E-state index is 14.1. The first kappa shape index (κ1) is 31.2. The molecule has 0 aromatic heterocycles. The molecule has 43 heavy (non-hydrogen) atoms. The number of rotatable bonds is 11. The van der Waals surface area contributed by atoms with Crippen LogP contribution in [0, 0.1) is 0 Å². The van der Waals surface area contributed by atoms with E-state index < -0.39 is 24.2 Å². The van der Waals surface area contributed by atoms with E-state index in [0.717, 1.165) is 15.4 Å². The number of hydrogen-bond acceptors (Lipinski definition) is 8. The Morgan fingerprint density at radius 2 is 1.67 bits per heavy atom. The minimum atomic E-state index is -1.35. The molecule has 1 aliphatic rings. The van der Waals surface area contributed by atoms with E-state index in [2.05, 4.69) is 11.5 Å². The molecule has 1 saturated heterocycles. The molecule has 1 heterocycles. The quantitative estimate of drug-likeness (QED) is 0.185. The van der Waals surface area contributed by atoms with Crippen molar-refractivity contribution in [3.05, 3.63) is 84.1 Å². The van der Waals surface area contributed by atoms with Crippen molar-refractivity contribution in [2.75, 3.05) is 31.7 Å². The third-order valence-corrected chi connectivity index (χ3v) is 7.28. The first-order valence-electron chi connectivity index (χ1n) is 13.7. The lowest BCUT2D eigenvalue weighted by atomic mass is 10.0. The molecular weight excluding hydrogens is 556 g/mol. The number of nitrogens with zero attached hydrogens (tertiary/aromatic N) is 4. The number of methoxy groups -OCH3 is 1. The number of urea groups is 2. The van der Waals surface area contributed by atoms with Gasteiger partial charge in [0.25, 0.3) is 11.8 Å². The molecule has 0 spiro atoms. The van der Waals surface area contributed by atoms with Crippen LogP contribution in [0.15, 0.2) is 72.9 Å². The van der Waals surface area contributed by atoms with Gasteiger partial charge in [0.15, 0.2) is 0 Å². The van der Waals surface area contributed by atoms with Crippen LogP contribution in [-0.2, 0) is 21.0 Å². The molecule has 3 aromatic rings. The first-order valence-corrected chi connectivity index (χ1v) is 13.7. The molecule has 0 bridgehead atoms.